The van der Waals surface area contributed by atoms with Crippen LogP contribution in [0.25, 0.3) is 0 Å². The van der Waals surface area contributed by atoms with E-state index in [-0.39, 0.29) is 6.54 Å². The van der Waals surface area contributed by atoms with E-state index in [4.69, 9.17) is 5.73 Å². The summed E-state index contributed by atoms with van der Waals surface area (Å²) < 4.78 is 0. The summed E-state index contributed by atoms with van der Waals surface area (Å²) in [4.78, 5) is 36.7. The minimum atomic E-state index is -1.00. The molecular weight excluding hydrogens is 250 g/mol. The average Bonchev–Trinajstić information content (AvgIpc) is 2.36. The normalized spacial score (nSPS) is 22.9. The van der Waals surface area contributed by atoms with Gasteiger partial charge in [0.15, 0.2) is 0 Å². The van der Waals surface area contributed by atoms with E-state index >= 15 is 0 Å². The molecule has 1 heterocycles. The van der Waals surface area contributed by atoms with E-state index in [1.54, 1.807) is 0 Å². The van der Waals surface area contributed by atoms with Gasteiger partial charge >= 0.3 is 12.0 Å². The standard InChI is InChI=1S/C12H21N3O4/c1-3-8-4-5-15(9(6-8)11(17)18)12(19)14(2)7-10(13)16/h8-9H,3-7H2,1-2H3,(H2,13,16)(H,17,18). The highest BCUT2D eigenvalue weighted by atomic mass is 16.4. The Morgan fingerprint density at radius 3 is 2.53 bits per heavy atom. The first-order chi connectivity index (χ1) is 8.86. The number of amides is 3. The fourth-order valence-corrected chi connectivity index (χ4v) is 2.39. The van der Waals surface area contributed by atoms with Crippen molar-refractivity contribution in [2.45, 2.75) is 32.2 Å². The number of carboxylic acids is 1. The molecule has 1 fully saturated rings. The highest BCUT2D eigenvalue weighted by Gasteiger charge is 2.36. The lowest BCUT2D eigenvalue weighted by molar-refractivity contribution is -0.144. The van der Waals surface area contributed by atoms with Gasteiger partial charge in [-0.2, -0.15) is 0 Å². The fraction of sp³-hybridized carbons (Fsp3) is 0.750. The Kier molecular flexibility index (Phi) is 5.14. The van der Waals surface area contributed by atoms with E-state index in [1.165, 1.54) is 11.9 Å². The predicted octanol–water partition coefficient (Wildman–Crippen LogP) is 0.0987. The Bertz CT molecular complexity index is 372. The van der Waals surface area contributed by atoms with Crippen molar-refractivity contribution in [1.82, 2.24) is 9.80 Å². The number of likely N-dealkylation sites (tertiary alicyclic amines) is 1. The largest absolute Gasteiger partial charge is 0.480 e. The molecule has 0 aliphatic carbocycles. The number of urea groups is 1. The van der Waals surface area contributed by atoms with Crippen LogP contribution in [0.15, 0.2) is 0 Å². The highest BCUT2D eigenvalue weighted by molar-refractivity contribution is 5.86. The first-order valence-corrected chi connectivity index (χ1v) is 6.39. The Balaban J connectivity index is 2.76. The maximum Gasteiger partial charge on any atom is 0.326 e. The summed E-state index contributed by atoms with van der Waals surface area (Å²) in [5.74, 6) is -1.29. The van der Waals surface area contributed by atoms with Crippen molar-refractivity contribution >= 4 is 17.9 Å². The third kappa shape index (κ3) is 3.84. The lowest BCUT2D eigenvalue weighted by Crippen LogP contribution is -2.54. The summed E-state index contributed by atoms with van der Waals surface area (Å²) in [6, 6.07) is -1.28. The molecule has 0 spiro atoms. The van der Waals surface area contributed by atoms with Gasteiger partial charge in [-0.3, -0.25) is 4.79 Å². The van der Waals surface area contributed by atoms with Gasteiger partial charge in [-0.05, 0) is 18.8 Å². The molecule has 0 saturated carbocycles. The number of hydrogen-bond acceptors (Lipinski definition) is 3. The van der Waals surface area contributed by atoms with Gasteiger partial charge in [0.25, 0.3) is 0 Å². The van der Waals surface area contributed by atoms with Crippen LogP contribution in [0.5, 0.6) is 0 Å². The molecule has 0 bridgehead atoms. The van der Waals surface area contributed by atoms with E-state index in [2.05, 4.69) is 0 Å². The van der Waals surface area contributed by atoms with Crippen molar-refractivity contribution in [3.05, 3.63) is 0 Å². The molecule has 1 aliphatic heterocycles. The van der Waals surface area contributed by atoms with Gasteiger partial charge < -0.3 is 20.6 Å². The smallest absolute Gasteiger partial charge is 0.326 e. The number of nitrogens with two attached hydrogens (primary N) is 1. The van der Waals surface area contributed by atoms with Crippen LogP contribution in [0.4, 0.5) is 4.79 Å². The third-order valence-corrected chi connectivity index (χ3v) is 3.54. The number of likely N-dealkylation sites (N-methyl/N-ethyl adjacent to an activating group) is 1. The topological polar surface area (TPSA) is 104 Å². The second kappa shape index (κ2) is 6.40. The lowest BCUT2D eigenvalue weighted by Gasteiger charge is -2.38. The van der Waals surface area contributed by atoms with Crippen LogP contribution in [0.3, 0.4) is 0 Å². The van der Waals surface area contributed by atoms with Gasteiger partial charge in [-0.25, -0.2) is 9.59 Å². The minimum Gasteiger partial charge on any atom is -0.480 e. The Labute approximate surface area is 112 Å². The Morgan fingerprint density at radius 1 is 1.42 bits per heavy atom. The maximum absolute atomic E-state index is 12.1. The number of rotatable bonds is 4. The number of carboxylic acid groups (broad SMARTS) is 1. The Morgan fingerprint density at radius 2 is 2.05 bits per heavy atom. The van der Waals surface area contributed by atoms with Gasteiger partial charge in [0.2, 0.25) is 5.91 Å². The molecule has 3 amide bonds. The number of piperidine rings is 1. The van der Waals surface area contributed by atoms with Crippen LogP contribution in [0, 0.1) is 5.92 Å². The quantitative estimate of drug-likeness (QED) is 0.756. The number of carbonyl (C=O) groups excluding carboxylic acids is 2. The molecule has 3 N–H and O–H groups in total. The molecule has 1 saturated heterocycles. The van der Waals surface area contributed by atoms with E-state index in [0.29, 0.717) is 18.9 Å². The van der Waals surface area contributed by atoms with E-state index in [9.17, 15) is 19.5 Å². The molecule has 0 aromatic rings. The number of aliphatic carboxylic acids is 1. The van der Waals surface area contributed by atoms with Gasteiger partial charge in [-0.15, -0.1) is 0 Å². The molecule has 2 atom stereocenters. The highest BCUT2D eigenvalue weighted by Crippen LogP contribution is 2.26. The van der Waals surface area contributed by atoms with Crippen molar-refractivity contribution < 1.29 is 19.5 Å². The molecular formula is C12H21N3O4. The van der Waals surface area contributed by atoms with Crippen molar-refractivity contribution in [3.8, 4) is 0 Å². The van der Waals surface area contributed by atoms with Crippen molar-refractivity contribution in [2.24, 2.45) is 11.7 Å². The summed E-state index contributed by atoms with van der Waals surface area (Å²) in [6.45, 7) is 2.20. The van der Waals surface area contributed by atoms with Gasteiger partial charge in [-0.1, -0.05) is 13.3 Å². The molecule has 2 unspecified atom stereocenters. The molecule has 7 nitrogen and oxygen atoms in total. The van der Waals surface area contributed by atoms with Gasteiger partial charge in [0, 0.05) is 13.6 Å². The summed E-state index contributed by atoms with van der Waals surface area (Å²) in [6.07, 6.45) is 2.15. The van der Waals surface area contributed by atoms with Crippen molar-refractivity contribution in [3.63, 3.8) is 0 Å². The molecule has 0 aromatic heterocycles. The molecule has 7 heteroatoms. The van der Waals surface area contributed by atoms with Crippen LogP contribution in [0.1, 0.15) is 26.2 Å². The predicted molar refractivity (Wildman–Crippen MR) is 68.4 cm³/mol. The molecule has 19 heavy (non-hydrogen) atoms. The lowest BCUT2D eigenvalue weighted by atomic mass is 9.89. The van der Waals surface area contributed by atoms with E-state index < -0.39 is 23.9 Å². The zero-order valence-electron chi connectivity index (χ0n) is 11.3. The number of primary amides is 1. The molecule has 1 rings (SSSR count). The summed E-state index contributed by atoms with van der Waals surface area (Å²) in [5.41, 5.74) is 5.03. The zero-order valence-corrected chi connectivity index (χ0v) is 11.3. The second-order valence-corrected chi connectivity index (χ2v) is 4.95. The van der Waals surface area contributed by atoms with Crippen LogP contribution in [-0.2, 0) is 9.59 Å². The van der Waals surface area contributed by atoms with Gasteiger partial charge in [0.1, 0.15) is 12.6 Å². The molecule has 0 aromatic carbocycles. The maximum atomic E-state index is 12.1. The van der Waals surface area contributed by atoms with Crippen molar-refractivity contribution in [2.75, 3.05) is 20.1 Å². The molecule has 0 radical (unpaired) electrons. The second-order valence-electron chi connectivity index (χ2n) is 4.95. The first-order valence-electron chi connectivity index (χ1n) is 6.39. The monoisotopic (exact) mass is 271 g/mol. The van der Waals surface area contributed by atoms with Crippen molar-refractivity contribution in [1.29, 1.82) is 0 Å². The van der Waals surface area contributed by atoms with Crippen LogP contribution >= 0.6 is 0 Å². The van der Waals surface area contributed by atoms with Crippen LogP contribution in [-0.4, -0.2) is 59.0 Å². The van der Waals surface area contributed by atoms with Gasteiger partial charge in [0.05, 0.1) is 0 Å². The molecule has 1 aliphatic rings. The first kappa shape index (κ1) is 15.3. The van der Waals surface area contributed by atoms with Crippen LogP contribution < -0.4 is 5.73 Å². The SMILES string of the molecule is CCC1CCN(C(=O)N(C)CC(N)=O)C(C(=O)O)C1. The fourth-order valence-electron chi connectivity index (χ4n) is 2.39. The van der Waals surface area contributed by atoms with Crippen LogP contribution in [0.2, 0.25) is 0 Å². The third-order valence-electron chi connectivity index (χ3n) is 3.54. The minimum absolute atomic E-state index is 0.209. The number of nitrogens with zero attached hydrogens (tertiary/aromatic N) is 2. The van der Waals surface area contributed by atoms with E-state index in [1.807, 2.05) is 6.92 Å². The number of carbonyl (C=O) groups is 3. The number of hydrogen-bond donors (Lipinski definition) is 2. The molecule has 108 valence electrons. The summed E-state index contributed by atoms with van der Waals surface area (Å²) in [7, 11) is 1.44. The van der Waals surface area contributed by atoms with E-state index in [0.717, 1.165) is 17.7 Å². The summed E-state index contributed by atoms with van der Waals surface area (Å²) >= 11 is 0. The average molecular weight is 271 g/mol. The Hall–Kier alpha value is -1.79. The zero-order chi connectivity index (χ0) is 14.6. The summed E-state index contributed by atoms with van der Waals surface area (Å²) in [5, 5.41) is 9.23.